The molecule has 0 heterocycles. The summed E-state index contributed by atoms with van der Waals surface area (Å²) in [4.78, 5) is 21.9. The Labute approximate surface area is 122 Å². The second kappa shape index (κ2) is 8.50. The van der Waals surface area contributed by atoms with Crippen molar-refractivity contribution in [1.82, 2.24) is 5.32 Å². The lowest BCUT2D eigenvalue weighted by molar-refractivity contribution is -0.384. The van der Waals surface area contributed by atoms with E-state index < -0.39 is 4.92 Å². The molecule has 0 aliphatic rings. The number of amides is 1. The van der Waals surface area contributed by atoms with Gasteiger partial charge in [-0.25, -0.2) is 0 Å². The Balaban J connectivity index is 2.47. The molecule has 1 aromatic carbocycles. The van der Waals surface area contributed by atoms with Crippen LogP contribution in [0.3, 0.4) is 0 Å². The fourth-order valence-corrected chi connectivity index (χ4v) is 1.67. The standard InChI is InChI=1S/C13H17ClN2O4/c1-2-3-7-20-8-6-15-13(17)10-4-5-11(14)12(9-10)16(18)19/h4-5,9H,2-3,6-8H2,1H3,(H,15,17). The Kier molecular flexibility index (Phi) is 6.97. The van der Waals surface area contributed by atoms with Gasteiger partial charge in [0.25, 0.3) is 11.6 Å². The van der Waals surface area contributed by atoms with Gasteiger partial charge in [0, 0.05) is 24.8 Å². The summed E-state index contributed by atoms with van der Waals surface area (Å²) >= 11 is 5.68. The average Bonchev–Trinajstić information content (AvgIpc) is 2.42. The first-order valence-corrected chi connectivity index (χ1v) is 6.74. The number of hydrogen-bond acceptors (Lipinski definition) is 4. The molecule has 0 aliphatic carbocycles. The SMILES string of the molecule is CCCCOCCNC(=O)c1ccc(Cl)c([N+](=O)[O-])c1. The van der Waals surface area contributed by atoms with E-state index >= 15 is 0 Å². The van der Waals surface area contributed by atoms with Crippen LogP contribution in [0.25, 0.3) is 0 Å². The zero-order valence-corrected chi connectivity index (χ0v) is 12.0. The number of halogens is 1. The topological polar surface area (TPSA) is 81.5 Å². The number of carbonyl (C=O) groups excluding carboxylic acids is 1. The van der Waals surface area contributed by atoms with E-state index in [-0.39, 0.29) is 22.2 Å². The fourth-order valence-electron chi connectivity index (χ4n) is 1.48. The number of hydrogen-bond donors (Lipinski definition) is 1. The minimum Gasteiger partial charge on any atom is -0.380 e. The Hall–Kier alpha value is -1.66. The monoisotopic (exact) mass is 300 g/mol. The van der Waals surface area contributed by atoms with Crippen molar-refractivity contribution in [2.75, 3.05) is 19.8 Å². The normalized spacial score (nSPS) is 10.3. The average molecular weight is 301 g/mol. The van der Waals surface area contributed by atoms with Crippen LogP contribution in [0, 0.1) is 10.1 Å². The zero-order chi connectivity index (χ0) is 15.0. The molecule has 6 nitrogen and oxygen atoms in total. The predicted molar refractivity (Wildman–Crippen MR) is 76.2 cm³/mol. The van der Waals surface area contributed by atoms with Gasteiger partial charge >= 0.3 is 0 Å². The largest absolute Gasteiger partial charge is 0.380 e. The molecule has 1 rings (SSSR count). The number of benzene rings is 1. The number of rotatable bonds is 8. The number of nitro groups is 1. The number of ether oxygens (including phenoxy) is 1. The highest BCUT2D eigenvalue weighted by Gasteiger charge is 2.15. The maximum absolute atomic E-state index is 11.8. The van der Waals surface area contributed by atoms with Crippen LogP contribution in [0.2, 0.25) is 5.02 Å². The molecule has 110 valence electrons. The van der Waals surface area contributed by atoms with Gasteiger partial charge in [0.15, 0.2) is 0 Å². The summed E-state index contributed by atoms with van der Waals surface area (Å²) in [5, 5.41) is 13.4. The second-order valence-electron chi connectivity index (χ2n) is 4.15. The van der Waals surface area contributed by atoms with Gasteiger partial charge in [-0.1, -0.05) is 24.9 Å². The van der Waals surface area contributed by atoms with E-state index in [1.807, 2.05) is 0 Å². The fraction of sp³-hybridized carbons (Fsp3) is 0.462. The van der Waals surface area contributed by atoms with Crippen LogP contribution in [-0.2, 0) is 4.74 Å². The van der Waals surface area contributed by atoms with Crippen LogP contribution in [0.4, 0.5) is 5.69 Å². The third-order valence-corrected chi connectivity index (χ3v) is 2.90. The van der Waals surface area contributed by atoms with Crippen molar-refractivity contribution in [3.8, 4) is 0 Å². The molecule has 1 amide bonds. The minimum atomic E-state index is -0.618. The van der Waals surface area contributed by atoms with Gasteiger partial charge in [-0.3, -0.25) is 14.9 Å². The van der Waals surface area contributed by atoms with E-state index in [1.165, 1.54) is 12.1 Å². The molecule has 0 aliphatic heterocycles. The van der Waals surface area contributed by atoms with E-state index in [2.05, 4.69) is 12.2 Å². The molecule has 0 radical (unpaired) electrons. The van der Waals surface area contributed by atoms with Crippen LogP contribution < -0.4 is 5.32 Å². The van der Waals surface area contributed by atoms with Crippen LogP contribution >= 0.6 is 11.6 Å². The third-order valence-electron chi connectivity index (χ3n) is 2.58. The first kappa shape index (κ1) is 16.4. The molecule has 0 bridgehead atoms. The quantitative estimate of drug-likeness (QED) is 0.455. The van der Waals surface area contributed by atoms with E-state index in [1.54, 1.807) is 0 Å². The van der Waals surface area contributed by atoms with Gasteiger partial charge in [-0.05, 0) is 18.6 Å². The van der Waals surface area contributed by atoms with Crippen molar-refractivity contribution in [3.63, 3.8) is 0 Å². The summed E-state index contributed by atoms with van der Waals surface area (Å²) in [6, 6.07) is 3.95. The van der Waals surface area contributed by atoms with Crippen molar-refractivity contribution in [1.29, 1.82) is 0 Å². The Morgan fingerprint density at radius 1 is 1.45 bits per heavy atom. The van der Waals surface area contributed by atoms with Crippen molar-refractivity contribution in [3.05, 3.63) is 38.9 Å². The van der Waals surface area contributed by atoms with E-state index in [9.17, 15) is 14.9 Å². The summed E-state index contributed by atoms with van der Waals surface area (Å²) in [6.45, 7) is 3.51. The highest BCUT2D eigenvalue weighted by Crippen LogP contribution is 2.24. The van der Waals surface area contributed by atoms with E-state index in [4.69, 9.17) is 16.3 Å². The molecule has 0 saturated carbocycles. The number of unbranched alkanes of at least 4 members (excludes halogenated alkanes) is 1. The van der Waals surface area contributed by atoms with Crippen molar-refractivity contribution < 1.29 is 14.5 Å². The lowest BCUT2D eigenvalue weighted by Gasteiger charge is -2.06. The van der Waals surface area contributed by atoms with Gasteiger partial charge in [0.05, 0.1) is 11.5 Å². The van der Waals surface area contributed by atoms with E-state index in [0.717, 1.165) is 18.9 Å². The molecule has 1 aromatic rings. The summed E-state index contributed by atoms with van der Waals surface area (Å²) in [5.41, 5.74) is -0.0758. The van der Waals surface area contributed by atoms with Crippen LogP contribution in [-0.4, -0.2) is 30.6 Å². The smallest absolute Gasteiger partial charge is 0.288 e. The predicted octanol–water partition coefficient (Wildman–Crippen LogP) is 2.79. The molecule has 0 saturated heterocycles. The molecule has 0 atom stereocenters. The third kappa shape index (κ3) is 5.14. The minimum absolute atomic E-state index is 0.00875. The lowest BCUT2D eigenvalue weighted by Crippen LogP contribution is -2.27. The number of carbonyl (C=O) groups is 1. The molecule has 7 heteroatoms. The molecule has 0 aromatic heterocycles. The summed E-state index contributed by atoms with van der Waals surface area (Å²) in [5.74, 6) is -0.385. The van der Waals surface area contributed by atoms with Gasteiger partial charge in [-0.2, -0.15) is 0 Å². The molecule has 0 unspecified atom stereocenters. The molecular formula is C13H17ClN2O4. The Morgan fingerprint density at radius 3 is 2.85 bits per heavy atom. The highest BCUT2D eigenvalue weighted by molar-refractivity contribution is 6.32. The van der Waals surface area contributed by atoms with Crippen molar-refractivity contribution >= 4 is 23.2 Å². The van der Waals surface area contributed by atoms with Gasteiger partial charge in [0.1, 0.15) is 5.02 Å². The van der Waals surface area contributed by atoms with Gasteiger partial charge < -0.3 is 10.1 Å². The van der Waals surface area contributed by atoms with Gasteiger partial charge in [0.2, 0.25) is 0 Å². The maximum Gasteiger partial charge on any atom is 0.288 e. The maximum atomic E-state index is 11.8. The summed E-state index contributed by atoms with van der Waals surface area (Å²) in [7, 11) is 0. The number of nitrogens with one attached hydrogen (secondary N) is 1. The number of nitro benzene ring substituents is 1. The first-order chi connectivity index (χ1) is 9.56. The number of nitrogens with zero attached hydrogens (tertiary/aromatic N) is 1. The summed E-state index contributed by atoms with van der Waals surface area (Å²) < 4.78 is 5.30. The van der Waals surface area contributed by atoms with Crippen molar-refractivity contribution in [2.24, 2.45) is 0 Å². The molecule has 0 spiro atoms. The molecule has 1 N–H and O–H groups in total. The molecular weight excluding hydrogens is 284 g/mol. The Morgan fingerprint density at radius 2 is 2.20 bits per heavy atom. The van der Waals surface area contributed by atoms with Crippen LogP contribution in [0.15, 0.2) is 18.2 Å². The molecule has 20 heavy (non-hydrogen) atoms. The molecule has 0 fully saturated rings. The first-order valence-electron chi connectivity index (χ1n) is 6.36. The van der Waals surface area contributed by atoms with E-state index in [0.29, 0.717) is 19.8 Å². The highest BCUT2D eigenvalue weighted by atomic mass is 35.5. The lowest BCUT2D eigenvalue weighted by atomic mass is 10.2. The summed E-state index contributed by atoms with van der Waals surface area (Å²) in [6.07, 6.45) is 2.04. The van der Waals surface area contributed by atoms with Crippen molar-refractivity contribution in [2.45, 2.75) is 19.8 Å². The van der Waals surface area contributed by atoms with Gasteiger partial charge in [-0.15, -0.1) is 0 Å². The van der Waals surface area contributed by atoms with Crippen LogP contribution in [0.5, 0.6) is 0 Å². The Bertz CT molecular complexity index is 479. The zero-order valence-electron chi connectivity index (χ0n) is 11.2. The van der Waals surface area contributed by atoms with Crippen LogP contribution in [0.1, 0.15) is 30.1 Å². The second-order valence-corrected chi connectivity index (χ2v) is 4.55.